The van der Waals surface area contributed by atoms with Crippen molar-refractivity contribution in [1.29, 1.82) is 0 Å². The average Bonchev–Trinajstić information content (AvgIpc) is 2.86. The van der Waals surface area contributed by atoms with Crippen LogP contribution in [0.2, 0.25) is 0 Å². The van der Waals surface area contributed by atoms with Crippen LogP contribution in [-0.2, 0) is 14.3 Å². The predicted octanol–water partition coefficient (Wildman–Crippen LogP) is 5.92. The predicted molar refractivity (Wildman–Crippen MR) is 147 cm³/mol. The van der Waals surface area contributed by atoms with Gasteiger partial charge in [0, 0.05) is 12.7 Å². The number of benzene rings is 3. The van der Waals surface area contributed by atoms with E-state index in [0.717, 1.165) is 10.8 Å². The van der Waals surface area contributed by atoms with Gasteiger partial charge in [-0.2, -0.15) is 0 Å². The van der Waals surface area contributed by atoms with Gasteiger partial charge in [0.1, 0.15) is 17.7 Å². The van der Waals surface area contributed by atoms with Crippen LogP contribution < -0.4 is 10.6 Å². The Kier molecular flexibility index (Phi) is 8.92. The molecule has 3 aromatic carbocycles. The van der Waals surface area contributed by atoms with E-state index in [1.807, 2.05) is 86.6 Å². The van der Waals surface area contributed by atoms with Crippen LogP contribution >= 0.6 is 0 Å². The van der Waals surface area contributed by atoms with Gasteiger partial charge < -0.3 is 20.3 Å². The maximum absolute atomic E-state index is 13.8. The minimum Gasteiger partial charge on any atom is -0.444 e. The smallest absolute Gasteiger partial charge is 0.408 e. The molecule has 3 amide bonds. The van der Waals surface area contributed by atoms with Crippen molar-refractivity contribution in [2.24, 2.45) is 5.92 Å². The second kappa shape index (κ2) is 11.9. The summed E-state index contributed by atoms with van der Waals surface area (Å²) in [6, 6.07) is 21.0. The number of carbonyl (C=O) groups excluding carboxylic acids is 3. The number of ether oxygens (including phenoxy) is 1. The average molecular weight is 504 g/mol. The first kappa shape index (κ1) is 27.7. The molecule has 0 radical (unpaired) electrons. The first-order chi connectivity index (χ1) is 17.5. The van der Waals surface area contributed by atoms with E-state index in [1.54, 1.807) is 27.8 Å². The Morgan fingerprint density at radius 3 is 2.16 bits per heavy atom. The van der Waals surface area contributed by atoms with Crippen molar-refractivity contribution in [2.75, 3.05) is 12.4 Å². The fourth-order valence-electron chi connectivity index (χ4n) is 4.13. The summed E-state index contributed by atoms with van der Waals surface area (Å²) in [4.78, 5) is 41.4. The summed E-state index contributed by atoms with van der Waals surface area (Å²) in [5.74, 6) is -0.900. The Morgan fingerprint density at radius 2 is 1.54 bits per heavy atom. The maximum atomic E-state index is 13.8. The molecule has 3 unspecified atom stereocenters. The molecule has 0 saturated carbocycles. The Labute approximate surface area is 219 Å². The maximum Gasteiger partial charge on any atom is 0.408 e. The van der Waals surface area contributed by atoms with Crippen molar-refractivity contribution >= 4 is 34.4 Å². The molecule has 0 heterocycles. The second-order valence-electron chi connectivity index (χ2n) is 10.3. The number of nitrogens with zero attached hydrogens (tertiary/aromatic N) is 1. The number of hydrogen-bond donors (Lipinski definition) is 2. The zero-order valence-corrected chi connectivity index (χ0v) is 22.4. The number of amides is 3. The van der Waals surface area contributed by atoms with E-state index >= 15 is 0 Å². The Bertz CT molecular complexity index is 1240. The van der Waals surface area contributed by atoms with Crippen LogP contribution in [0.25, 0.3) is 10.8 Å². The van der Waals surface area contributed by atoms with Crippen molar-refractivity contribution in [3.05, 3.63) is 78.4 Å². The monoisotopic (exact) mass is 503 g/mol. The molecule has 2 N–H and O–H groups in total. The van der Waals surface area contributed by atoms with Gasteiger partial charge in [-0.3, -0.25) is 9.59 Å². The number of hydrogen-bond acceptors (Lipinski definition) is 4. The number of fused-ring (bicyclic) bond motifs is 1. The Balaban J connectivity index is 1.89. The summed E-state index contributed by atoms with van der Waals surface area (Å²) in [5.41, 5.74) is 0.596. The Morgan fingerprint density at radius 1 is 0.919 bits per heavy atom. The number of anilines is 1. The number of carbonyl (C=O) groups is 3. The number of nitrogens with one attached hydrogen (secondary N) is 2. The summed E-state index contributed by atoms with van der Waals surface area (Å²) in [7, 11) is 1.59. The van der Waals surface area contributed by atoms with Crippen molar-refractivity contribution in [2.45, 2.75) is 58.7 Å². The van der Waals surface area contributed by atoms with Gasteiger partial charge in [0.2, 0.25) is 5.91 Å². The van der Waals surface area contributed by atoms with Crippen LogP contribution in [0.5, 0.6) is 0 Å². The molecule has 37 heavy (non-hydrogen) atoms. The highest BCUT2D eigenvalue weighted by atomic mass is 16.6. The van der Waals surface area contributed by atoms with E-state index in [0.29, 0.717) is 17.7 Å². The molecule has 0 aromatic heterocycles. The molecule has 196 valence electrons. The summed E-state index contributed by atoms with van der Waals surface area (Å²) < 4.78 is 5.40. The molecular weight excluding hydrogens is 466 g/mol. The van der Waals surface area contributed by atoms with Gasteiger partial charge in [0.05, 0.1) is 0 Å². The van der Waals surface area contributed by atoms with Crippen LogP contribution in [0.3, 0.4) is 0 Å². The highest BCUT2D eigenvalue weighted by Gasteiger charge is 2.36. The molecule has 0 spiro atoms. The fourth-order valence-corrected chi connectivity index (χ4v) is 4.13. The molecule has 0 bridgehead atoms. The molecule has 0 aliphatic heterocycles. The van der Waals surface area contributed by atoms with Crippen molar-refractivity contribution in [3.8, 4) is 0 Å². The normalized spacial score (nSPS) is 13.8. The van der Waals surface area contributed by atoms with Gasteiger partial charge in [-0.1, -0.05) is 80.9 Å². The van der Waals surface area contributed by atoms with Gasteiger partial charge in [0.25, 0.3) is 5.91 Å². The standard InChI is InChI=1S/C30H37N3O4/c1-7-20(2)25(32-29(36)37-30(3,4)5)28(35)33(6)26(22-14-9-8-10-15-22)27(34)31-24-18-17-21-13-11-12-16-23(21)19-24/h8-20,25-26H,7H2,1-6H3,(H,31,34)(H,32,36). The first-order valence-electron chi connectivity index (χ1n) is 12.6. The van der Waals surface area contributed by atoms with Gasteiger partial charge in [0.15, 0.2) is 0 Å². The molecular formula is C30H37N3O4. The van der Waals surface area contributed by atoms with E-state index in [-0.39, 0.29) is 17.7 Å². The fraction of sp³-hybridized carbons (Fsp3) is 0.367. The molecule has 0 aliphatic carbocycles. The lowest BCUT2D eigenvalue weighted by Gasteiger charge is -2.33. The minimum atomic E-state index is -0.910. The topological polar surface area (TPSA) is 87.7 Å². The van der Waals surface area contributed by atoms with Gasteiger partial charge in [-0.25, -0.2) is 4.79 Å². The largest absolute Gasteiger partial charge is 0.444 e. The number of rotatable bonds is 8. The first-order valence-corrected chi connectivity index (χ1v) is 12.6. The summed E-state index contributed by atoms with van der Waals surface area (Å²) in [5, 5.41) is 7.78. The number of likely N-dealkylation sites (N-methyl/N-ethyl adjacent to an activating group) is 1. The van der Waals surface area contributed by atoms with Crippen molar-refractivity contribution < 1.29 is 19.1 Å². The summed E-state index contributed by atoms with van der Waals surface area (Å²) >= 11 is 0. The van der Waals surface area contributed by atoms with E-state index in [9.17, 15) is 14.4 Å². The lowest BCUT2D eigenvalue weighted by Crippen LogP contribution is -2.53. The van der Waals surface area contributed by atoms with Crippen LogP contribution in [0.15, 0.2) is 72.8 Å². The van der Waals surface area contributed by atoms with Crippen LogP contribution in [-0.4, -0.2) is 41.5 Å². The lowest BCUT2D eigenvalue weighted by atomic mass is 9.96. The molecule has 7 nitrogen and oxygen atoms in total. The van der Waals surface area contributed by atoms with Crippen LogP contribution in [0, 0.1) is 5.92 Å². The van der Waals surface area contributed by atoms with E-state index < -0.39 is 23.8 Å². The third-order valence-corrected chi connectivity index (χ3v) is 6.27. The second-order valence-corrected chi connectivity index (χ2v) is 10.3. The number of alkyl carbamates (subject to hydrolysis) is 1. The molecule has 0 aliphatic rings. The van der Waals surface area contributed by atoms with E-state index in [1.165, 1.54) is 4.90 Å². The molecule has 0 fully saturated rings. The lowest BCUT2D eigenvalue weighted by molar-refractivity contribution is -0.140. The highest BCUT2D eigenvalue weighted by Crippen LogP contribution is 2.26. The third-order valence-electron chi connectivity index (χ3n) is 6.27. The van der Waals surface area contributed by atoms with Crippen LogP contribution in [0.1, 0.15) is 52.6 Å². The Hall–Kier alpha value is -3.87. The van der Waals surface area contributed by atoms with Gasteiger partial charge >= 0.3 is 6.09 Å². The zero-order valence-electron chi connectivity index (χ0n) is 22.4. The van der Waals surface area contributed by atoms with Crippen molar-refractivity contribution in [3.63, 3.8) is 0 Å². The third kappa shape index (κ3) is 7.32. The highest BCUT2D eigenvalue weighted by molar-refractivity contribution is 6.00. The molecule has 3 rings (SSSR count). The van der Waals surface area contributed by atoms with Gasteiger partial charge in [-0.05, 0) is 55.2 Å². The van der Waals surface area contributed by atoms with Crippen molar-refractivity contribution in [1.82, 2.24) is 10.2 Å². The molecule has 3 aromatic rings. The quantitative estimate of drug-likeness (QED) is 0.400. The van der Waals surface area contributed by atoms with E-state index in [2.05, 4.69) is 10.6 Å². The summed E-state index contributed by atoms with van der Waals surface area (Å²) in [6.07, 6.45) is -0.0179. The zero-order chi connectivity index (χ0) is 27.2. The SMILES string of the molecule is CCC(C)C(NC(=O)OC(C)(C)C)C(=O)N(C)C(C(=O)Nc1ccc2ccccc2c1)c1ccccc1. The minimum absolute atomic E-state index is 0.178. The van der Waals surface area contributed by atoms with Crippen LogP contribution in [0.4, 0.5) is 10.5 Å². The molecule has 3 atom stereocenters. The summed E-state index contributed by atoms with van der Waals surface area (Å²) in [6.45, 7) is 9.13. The van der Waals surface area contributed by atoms with E-state index in [4.69, 9.17) is 4.74 Å². The van der Waals surface area contributed by atoms with Gasteiger partial charge in [-0.15, -0.1) is 0 Å². The molecule has 0 saturated heterocycles. The molecule has 7 heteroatoms.